The van der Waals surface area contributed by atoms with E-state index in [1.165, 1.54) is 6.07 Å². The van der Waals surface area contributed by atoms with Crippen LogP contribution in [0.4, 0.5) is 8.78 Å². The monoisotopic (exact) mass is 267 g/mol. The molecule has 1 aromatic carbocycles. The van der Waals surface area contributed by atoms with Crippen LogP contribution >= 0.6 is 0 Å². The lowest BCUT2D eigenvalue weighted by Gasteiger charge is -2.07. The van der Waals surface area contributed by atoms with E-state index < -0.39 is 6.61 Å². The molecule has 1 aromatic heterocycles. The molecule has 1 heterocycles. The zero-order valence-electron chi connectivity index (χ0n) is 10.5. The van der Waals surface area contributed by atoms with E-state index in [4.69, 9.17) is 0 Å². The van der Waals surface area contributed by atoms with Crippen molar-refractivity contribution in [2.75, 3.05) is 6.54 Å². The Morgan fingerprint density at radius 1 is 1.42 bits per heavy atom. The quantitative estimate of drug-likeness (QED) is 0.846. The number of alkyl halides is 2. The normalized spacial score (nSPS) is 10.9. The number of nitrogens with one attached hydrogen (secondary N) is 2. The van der Waals surface area contributed by atoms with Gasteiger partial charge in [0, 0.05) is 17.7 Å². The molecule has 0 fully saturated rings. The number of aromatic amines is 1. The number of aromatic nitrogens is 2. The van der Waals surface area contributed by atoms with E-state index in [0.29, 0.717) is 6.54 Å². The SMILES string of the molecule is CCNCc1cn[nH]c1-c1cccc(OC(F)F)c1. The molecule has 0 radical (unpaired) electrons. The summed E-state index contributed by atoms with van der Waals surface area (Å²) in [6.07, 6.45) is 1.72. The Balaban J connectivity index is 2.23. The average Bonchev–Trinajstić information content (AvgIpc) is 2.84. The largest absolute Gasteiger partial charge is 0.435 e. The fraction of sp³-hybridized carbons (Fsp3) is 0.308. The minimum absolute atomic E-state index is 0.136. The highest BCUT2D eigenvalue weighted by Gasteiger charge is 2.10. The van der Waals surface area contributed by atoms with Gasteiger partial charge >= 0.3 is 6.61 Å². The van der Waals surface area contributed by atoms with Crippen molar-refractivity contribution in [3.8, 4) is 17.0 Å². The van der Waals surface area contributed by atoms with Crippen LogP contribution in [0.2, 0.25) is 0 Å². The summed E-state index contributed by atoms with van der Waals surface area (Å²) in [5.41, 5.74) is 2.56. The van der Waals surface area contributed by atoms with Crippen LogP contribution in [-0.2, 0) is 6.54 Å². The number of benzene rings is 1. The fourth-order valence-corrected chi connectivity index (χ4v) is 1.78. The lowest BCUT2D eigenvalue weighted by atomic mass is 10.1. The third-order valence-corrected chi connectivity index (χ3v) is 2.63. The predicted octanol–water partition coefficient (Wildman–Crippen LogP) is 2.79. The van der Waals surface area contributed by atoms with Gasteiger partial charge in [-0.05, 0) is 18.7 Å². The minimum Gasteiger partial charge on any atom is -0.435 e. The minimum atomic E-state index is -2.82. The van der Waals surface area contributed by atoms with E-state index in [0.717, 1.165) is 23.4 Å². The van der Waals surface area contributed by atoms with Gasteiger partial charge in [-0.3, -0.25) is 5.10 Å². The zero-order chi connectivity index (χ0) is 13.7. The maximum absolute atomic E-state index is 12.2. The number of H-pyrrole nitrogens is 1. The van der Waals surface area contributed by atoms with E-state index in [-0.39, 0.29) is 5.75 Å². The molecule has 2 rings (SSSR count). The summed E-state index contributed by atoms with van der Waals surface area (Å²) in [6.45, 7) is 0.705. The first kappa shape index (κ1) is 13.5. The second-order valence-corrected chi connectivity index (χ2v) is 3.96. The van der Waals surface area contributed by atoms with Gasteiger partial charge in [-0.2, -0.15) is 13.9 Å². The molecule has 0 saturated carbocycles. The van der Waals surface area contributed by atoms with Crippen LogP contribution in [0, 0.1) is 0 Å². The molecule has 2 aromatic rings. The van der Waals surface area contributed by atoms with Gasteiger partial charge in [-0.15, -0.1) is 0 Å². The number of hydrogen-bond acceptors (Lipinski definition) is 3. The second-order valence-electron chi connectivity index (χ2n) is 3.96. The lowest BCUT2D eigenvalue weighted by Crippen LogP contribution is -2.11. The number of halogens is 2. The Morgan fingerprint density at radius 3 is 3.00 bits per heavy atom. The van der Waals surface area contributed by atoms with Gasteiger partial charge in [0.1, 0.15) is 5.75 Å². The number of hydrogen-bond donors (Lipinski definition) is 2. The number of rotatable bonds is 6. The molecule has 0 aliphatic heterocycles. The summed E-state index contributed by atoms with van der Waals surface area (Å²) in [5.74, 6) is 0.136. The Labute approximate surface area is 109 Å². The smallest absolute Gasteiger partial charge is 0.387 e. The fourth-order valence-electron chi connectivity index (χ4n) is 1.78. The van der Waals surface area contributed by atoms with Crippen molar-refractivity contribution in [1.82, 2.24) is 15.5 Å². The van der Waals surface area contributed by atoms with Crippen molar-refractivity contribution >= 4 is 0 Å². The van der Waals surface area contributed by atoms with E-state index in [9.17, 15) is 8.78 Å². The average molecular weight is 267 g/mol. The molecule has 102 valence electrons. The maximum Gasteiger partial charge on any atom is 0.387 e. The van der Waals surface area contributed by atoms with Gasteiger partial charge in [-0.1, -0.05) is 19.1 Å². The highest BCUT2D eigenvalue weighted by Crippen LogP contribution is 2.25. The summed E-state index contributed by atoms with van der Waals surface area (Å²) in [6, 6.07) is 6.55. The van der Waals surface area contributed by atoms with Crippen LogP contribution in [0.25, 0.3) is 11.3 Å². The van der Waals surface area contributed by atoms with Crippen LogP contribution in [-0.4, -0.2) is 23.4 Å². The van der Waals surface area contributed by atoms with Gasteiger partial charge in [0.15, 0.2) is 0 Å². The molecule has 19 heavy (non-hydrogen) atoms. The molecule has 0 saturated heterocycles. The molecule has 0 spiro atoms. The molecule has 0 unspecified atom stereocenters. The van der Waals surface area contributed by atoms with E-state index in [2.05, 4.69) is 20.3 Å². The summed E-state index contributed by atoms with van der Waals surface area (Å²) in [4.78, 5) is 0. The maximum atomic E-state index is 12.2. The molecular formula is C13H15F2N3O. The van der Waals surface area contributed by atoms with Gasteiger partial charge in [0.05, 0.1) is 11.9 Å². The molecule has 2 N–H and O–H groups in total. The van der Waals surface area contributed by atoms with Gasteiger partial charge in [-0.25, -0.2) is 0 Å². The molecule has 0 aliphatic rings. The second kappa shape index (κ2) is 6.29. The van der Waals surface area contributed by atoms with E-state index >= 15 is 0 Å². The first-order valence-electron chi connectivity index (χ1n) is 5.99. The molecule has 0 amide bonds. The molecule has 0 bridgehead atoms. The molecule has 0 atom stereocenters. The Morgan fingerprint density at radius 2 is 2.26 bits per heavy atom. The third kappa shape index (κ3) is 3.51. The highest BCUT2D eigenvalue weighted by molar-refractivity contribution is 5.64. The van der Waals surface area contributed by atoms with Crippen LogP contribution in [0.15, 0.2) is 30.5 Å². The van der Waals surface area contributed by atoms with Crippen molar-refractivity contribution in [2.24, 2.45) is 0 Å². The summed E-state index contributed by atoms with van der Waals surface area (Å²) >= 11 is 0. The van der Waals surface area contributed by atoms with Gasteiger partial charge in [0.25, 0.3) is 0 Å². The van der Waals surface area contributed by atoms with Crippen molar-refractivity contribution in [3.63, 3.8) is 0 Å². The zero-order valence-corrected chi connectivity index (χ0v) is 10.5. The topological polar surface area (TPSA) is 49.9 Å². The van der Waals surface area contributed by atoms with E-state index in [1.807, 2.05) is 13.0 Å². The standard InChI is InChI=1S/C13H15F2N3O/c1-2-16-7-10-8-17-18-12(10)9-4-3-5-11(6-9)19-13(14)15/h3-6,8,13,16H,2,7H2,1H3,(H,17,18). The first-order chi connectivity index (χ1) is 9.20. The summed E-state index contributed by atoms with van der Waals surface area (Å²) in [7, 11) is 0. The summed E-state index contributed by atoms with van der Waals surface area (Å²) in [5, 5.41) is 10.1. The Bertz CT molecular complexity index is 528. The van der Waals surface area contributed by atoms with Crippen LogP contribution in [0.1, 0.15) is 12.5 Å². The predicted molar refractivity (Wildman–Crippen MR) is 68.0 cm³/mol. The molecule has 4 nitrogen and oxygen atoms in total. The molecule has 6 heteroatoms. The van der Waals surface area contributed by atoms with Crippen LogP contribution in [0.3, 0.4) is 0 Å². The third-order valence-electron chi connectivity index (χ3n) is 2.63. The summed E-state index contributed by atoms with van der Waals surface area (Å²) < 4.78 is 28.8. The number of nitrogens with zero attached hydrogens (tertiary/aromatic N) is 1. The van der Waals surface area contributed by atoms with Crippen LogP contribution < -0.4 is 10.1 Å². The van der Waals surface area contributed by atoms with Gasteiger partial charge < -0.3 is 10.1 Å². The van der Waals surface area contributed by atoms with Crippen LogP contribution in [0.5, 0.6) is 5.75 Å². The van der Waals surface area contributed by atoms with Crippen molar-refractivity contribution in [2.45, 2.75) is 20.1 Å². The van der Waals surface area contributed by atoms with Crippen molar-refractivity contribution in [1.29, 1.82) is 0 Å². The molecular weight excluding hydrogens is 252 g/mol. The highest BCUT2D eigenvalue weighted by atomic mass is 19.3. The Kier molecular flexibility index (Phi) is 4.46. The first-order valence-corrected chi connectivity index (χ1v) is 5.99. The van der Waals surface area contributed by atoms with Gasteiger partial charge in [0.2, 0.25) is 0 Å². The molecule has 0 aliphatic carbocycles. The lowest BCUT2D eigenvalue weighted by molar-refractivity contribution is -0.0498. The number of ether oxygens (including phenoxy) is 1. The Hall–Kier alpha value is -1.95. The van der Waals surface area contributed by atoms with E-state index in [1.54, 1.807) is 18.3 Å². The van der Waals surface area contributed by atoms with Crippen molar-refractivity contribution in [3.05, 3.63) is 36.0 Å². The van der Waals surface area contributed by atoms with Crippen molar-refractivity contribution < 1.29 is 13.5 Å².